The average molecular weight is 667 g/mol. The van der Waals surface area contributed by atoms with Gasteiger partial charge in [0.15, 0.2) is 0 Å². The Labute approximate surface area is 298 Å². The van der Waals surface area contributed by atoms with E-state index in [2.05, 4.69) is 191 Å². The molecule has 238 valence electrons. The molecule has 0 unspecified atom stereocenters. The number of nitrogens with zero attached hydrogens (tertiary/aromatic N) is 2. The summed E-state index contributed by atoms with van der Waals surface area (Å²) in [5, 5.41) is 7.71. The largest absolute Gasteiger partial charge is 0.309 e. The highest BCUT2D eigenvalue weighted by atomic mass is 32.1. The van der Waals surface area contributed by atoms with E-state index in [0.717, 1.165) is 5.69 Å². The molecule has 0 saturated heterocycles. The molecule has 11 rings (SSSR count). The Morgan fingerprint density at radius 1 is 0.314 bits per heavy atom. The van der Waals surface area contributed by atoms with Gasteiger partial charge in [0.25, 0.3) is 0 Å². The van der Waals surface area contributed by atoms with Gasteiger partial charge in [-0.2, -0.15) is 0 Å². The molecular formula is C48H30N2S. The van der Waals surface area contributed by atoms with Crippen LogP contribution in [-0.2, 0) is 0 Å². The molecule has 0 N–H and O–H groups in total. The summed E-state index contributed by atoms with van der Waals surface area (Å²) in [7, 11) is 0. The van der Waals surface area contributed by atoms with E-state index in [1.807, 2.05) is 11.3 Å². The maximum absolute atomic E-state index is 2.42. The van der Waals surface area contributed by atoms with Crippen molar-refractivity contribution in [2.24, 2.45) is 0 Å². The Morgan fingerprint density at radius 2 is 0.843 bits per heavy atom. The van der Waals surface area contributed by atoms with Gasteiger partial charge >= 0.3 is 0 Å². The Morgan fingerprint density at radius 3 is 1.55 bits per heavy atom. The summed E-state index contributed by atoms with van der Waals surface area (Å²) in [6.45, 7) is 0. The lowest BCUT2D eigenvalue weighted by Gasteiger charge is -2.12. The lowest BCUT2D eigenvalue weighted by atomic mass is 9.99. The van der Waals surface area contributed by atoms with Crippen LogP contribution < -0.4 is 0 Å². The molecule has 0 aliphatic rings. The third-order valence-electron chi connectivity index (χ3n) is 10.5. The molecule has 3 aromatic heterocycles. The van der Waals surface area contributed by atoms with Gasteiger partial charge in [-0.05, 0) is 76.9 Å². The van der Waals surface area contributed by atoms with Crippen molar-refractivity contribution in [3.63, 3.8) is 0 Å². The highest BCUT2D eigenvalue weighted by Crippen LogP contribution is 2.41. The second kappa shape index (κ2) is 11.0. The number of hydrogen-bond acceptors (Lipinski definition) is 1. The van der Waals surface area contributed by atoms with Crippen molar-refractivity contribution in [2.45, 2.75) is 0 Å². The highest BCUT2D eigenvalue weighted by molar-refractivity contribution is 7.26. The molecule has 0 spiro atoms. The van der Waals surface area contributed by atoms with Crippen molar-refractivity contribution < 1.29 is 0 Å². The molecule has 0 fully saturated rings. The van der Waals surface area contributed by atoms with Gasteiger partial charge in [0, 0.05) is 53.1 Å². The van der Waals surface area contributed by atoms with Crippen LogP contribution >= 0.6 is 11.3 Å². The molecule has 0 saturated carbocycles. The predicted octanol–water partition coefficient (Wildman–Crippen LogP) is 13.6. The molecule has 11 aromatic rings. The van der Waals surface area contributed by atoms with Crippen molar-refractivity contribution in [3.8, 4) is 33.6 Å². The van der Waals surface area contributed by atoms with Crippen LogP contribution in [0.1, 0.15) is 0 Å². The first-order chi connectivity index (χ1) is 25.3. The summed E-state index contributed by atoms with van der Waals surface area (Å²) >= 11 is 1.88. The minimum absolute atomic E-state index is 1.16. The molecule has 0 amide bonds. The first-order valence-corrected chi connectivity index (χ1v) is 18.3. The quantitative estimate of drug-likeness (QED) is 0.177. The fourth-order valence-corrected chi connectivity index (χ4v) is 9.46. The monoisotopic (exact) mass is 666 g/mol. The molecule has 8 aromatic carbocycles. The van der Waals surface area contributed by atoms with E-state index in [9.17, 15) is 0 Å². The van der Waals surface area contributed by atoms with Gasteiger partial charge in [-0.3, -0.25) is 0 Å². The third kappa shape index (κ3) is 4.29. The van der Waals surface area contributed by atoms with Gasteiger partial charge < -0.3 is 9.13 Å². The van der Waals surface area contributed by atoms with E-state index in [4.69, 9.17) is 0 Å². The smallest absolute Gasteiger partial charge is 0.0542 e. The number of hydrogen-bond donors (Lipinski definition) is 0. The summed E-state index contributed by atoms with van der Waals surface area (Å²) in [5.74, 6) is 0. The van der Waals surface area contributed by atoms with E-state index in [1.165, 1.54) is 91.7 Å². The van der Waals surface area contributed by atoms with E-state index in [0.29, 0.717) is 0 Å². The fourth-order valence-electron chi connectivity index (χ4n) is 8.22. The average Bonchev–Trinajstić information content (AvgIpc) is 3.86. The maximum atomic E-state index is 2.42. The van der Waals surface area contributed by atoms with Crippen molar-refractivity contribution in [1.82, 2.24) is 9.13 Å². The van der Waals surface area contributed by atoms with E-state index in [1.54, 1.807) is 0 Å². The molecule has 0 radical (unpaired) electrons. The summed E-state index contributed by atoms with van der Waals surface area (Å²) in [6.07, 6.45) is 0. The number of fused-ring (bicyclic) bond motifs is 9. The minimum Gasteiger partial charge on any atom is -0.309 e. The summed E-state index contributed by atoms with van der Waals surface area (Å²) in [6, 6.07) is 66.6. The van der Waals surface area contributed by atoms with E-state index < -0.39 is 0 Å². The summed E-state index contributed by atoms with van der Waals surface area (Å²) in [5.41, 5.74) is 12.1. The number of rotatable bonds is 4. The van der Waals surface area contributed by atoms with Crippen LogP contribution in [0.15, 0.2) is 182 Å². The second-order valence-electron chi connectivity index (χ2n) is 13.3. The summed E-state index contributed by atoms with van der Waals surface area (Å²) in [4.78, 5) is 0. The Hall–Kier alpha value is -6.42. The Balaban J connectivity index is 1.02. The van der Waals surface area contributed by atoms with Crippen LogP contribution in [0.25, 0.3) is 97.4 Å². The van der Waals surface area contributed by atoms with Gasteiger partial charge in [-0.25, -0.2) is 0 Å². The van der Waals surface area contributed by atoms with Gasteiger partial charge in [0.2, 0.25) is 0 Å². The Bertz CT molecular complexity index is 3080. The van der Waals surface area contributed by atoms with Crippen molar-refractivity contribution in [3.05, 3.63) is 182 Å². The fraction of sp³-hybridized carbons (Fsp3) is 0. The van der Waals surface area contributed by atoms with Crippen molar-refractivity contribution >= 4 is 75.1 Å². The van der Waals surface area contributed by atoms with Crippen LogP contribution in [0.5, 0.6) is 0 Å². The third-order valence-corrected chi connectivity index (χ3v) is 11.8. The molecule has 3 heterocycles. The lowest BCUT2D eigenvalue weighted by Crippen LogP contribution is -1.96. The number of thiophene rings is 1. The van der Waals surface area contributed by atoms with Gasteiger partial charge in [0.05, 0.1) is 22.1 Å². The summed E-state index contributed by atoms with van der Waals surface area (Å²) < 4.78 is 7.50. The first-order valence-electron chi connectivity index (χ1n) is 17.4. The predicted molar refractivity (Wildman–Crippen MR) is 219 cm³/mol. The van der Waals surface area contributed by atoms with E-state index in [-0.39, 0.29) is 0 Å². The highest BCUT2D eigenvalue weighted by Gasteiger charge is 2.17. The number of aromatic nitrogens is 2. The van der Waals surface area contributed by atoms with E-state index >= 15 is 0 Å². The molecule has 0 atom stereocenters. The molecule has 3 heteroatoms. The first kappa shape index (κ1) is 28.4. The number of para-hydroxylation sites is 3. The molecule has 0 aliphatic carbocycles. The van der Waals surface area contributed by atoms with Crippen LogP contribution in [-0.4, -0.2) is 9.13 Å². The minimum atomic E-state index is 1.16. The standard InChI is InChI=1S/C48H30N2S/c1-5-19-43-37(13-1)38-14-2-6-20-44(38)50(43)35-27-28-46-42(30-35)39-15-3-7-21-45(39)49(46)34-12-9-11-33(29-34)31-23-25-32(26-24-31)36-17-10-18-41-40-16-4-8-22-47(40)51-48(36)41/h1-30H. The zero-order valence-corrected chi connectivity index (χ0v) is 28.4. The lowest BCUT2D eigenvalue weighted by molar-refractivity contribution is 1.17. The SMILES string of the molecule is c1cc(-c2ccc(-c3cccc4c3sc3ccccc34)cc2)cc(-n2c3ccccc3c3cc(-n4c5ccccc5c5ccccc54)ccc32)c1. The van der Waals surface area contributed by atoms with Gasteiger partial charge in [-0.15, -0.1) is 11.3 Å². The van der Waals surface area contributed by atoms with Gasteiger partial charge in [0.1, 0.15) is 0 Å². The van der Waals surface area contributed by atoms with Gasteiger partial charge in [-0.1, -0.05) is 127 Å². The number of benzene rings is 8. The second-order valence-corrected chi connectivity index (χ2v) is 14.4. The van der Waals surface area contributed by atoms with Crippen molar-refractivity contribution in [2.75, 3.05) is 0 Å². The molecule has 0 bridgehead atoms. The van der Waals surface area contributed by atoms with Crippen LogP contribution in [0.2, 0.25) is 0 Å². The van der Waals surface area contributed by atoms with Crippen molar-refractivity contribution in [1.29, 1.82) is 0 Å². The zero-order chi connectivity index (χ0) is 33.5. The molecule has 2 nitrogen and oxygen atoms in total. The van der Waals surface area contributed by atoms with Crippen LogP contribution in [0.3, 0.4) is 0 Å². The zero-order valence-electron chi connectivity index (χ0n) is 27.6. The molecule has 0 aliphatic heterocycles. The molecular weight excluding hydrogens is 637 g/mol. The normalized spacial score (nSPS) is 11.9. The maximum Gasteiger partial charge on any atom is 0.0542 e. The Kier molecular flexibility index (Phi) is 6.16. The molecule has 51 heavy (non-hydrogen) atoms. The topological polar surface area (TPSA) is 9.86 Å². The van der Waals surface area contributed by atoms with Crippen LogP contribution in [0, 0.1) is 0 Å². The van der Waals surface area contributed by atoms with Crippen LogP contribution in [0.4, 0.5) is 0 Å².